The van der Waals surface area contributed by atoms with Crippen molar-refractivity contribution in [2.24, 2.45) is 0 Å². The molecule has 0 fully saturated rings. The van der Waals surface area contributed by atoms with Gasteiger partial charge >= 0.3 is 6.09 Å². The van der Waals surface area contributed by atoms with Gasteiger partial charge in [0.1, 0.15) is 0 Å². The SMILES string of the molecule is COC(=O)N1CCc2c(cncc2C(=O)N2CCc3ccccc32)C1. The van der Waals surface area contributed by atoms with Crippen LogP contribution in [0.2, 0.25) is 0 Å². The number of ether oxygens (including phenoxy) is 1. The standard InChI is InChI=1S/C19H19N3O3/c1-25-19(24)21-8-7-15-14(12-21)10-20-11-16(15)18(23)22-9-6-13-4-2-3-5-17(13)22/h2-5,10-11H,6-9,12H2,1H3. The van der Waals surface area contributed by atoms with E-state index < -0.39 is 0 Å². The number of hydrogen-bond donors (Lipinski definition) is 0. The van der Waals surface area contributed by atoms with Gasteiger partial charge in [0.25, 0.3) is 5.91 Å². The summed E-state index contributed by atoms with van der Waals surface area (Å²) in [6.45, 7) is 1.66. The normalized spacial score (nSPS) is 15.6. The summed E-state index contributed by atoms with van der Waals surface area (Å²) in [6, 6.07) is 8.01. The Balaban J connectivity index is 1.65. The second-order valence-electron chi connectivity index (χ2n) is 6.30. The number of anilines is 1. The molecule has 0 unspecified atom stereocenters. The first-order chi connectivity index (χ1) is 12.2. The zero-order valence-electron chi connectivity index (χ0n) is 14.1. The van der Waals surface area contributed by atoms with Crippen molar-refractivity contribution >= 4 is 17.7 Å². The first-order valence-electron chi connectivity index (χ1n) is 8.37. The van der Waals surface area contributed by atoms with Crippen molar-refractivity contribution < 1.29 is 14.3 Å². The zero-order chi connectivity index (χ0) is 17.4. The summed E-state index contributed by atoms with van der Waals surface area (Å²) in [7, 11) is 1.38. The first kappa shape index (κ1) is 15.6. The van der Waals surface area contributed by atoms with Crippen LogP contribution in [-0.2, 0) is 24.1 Å². The Morgan fingerprint density at radius 1 is 1.08 bits per heavy atom. The van der Waals surface area contributed by atoms with Crippen LogP contribution in [0.25, 0.3) is 0 Å². The largest absolute Gasteiger partial charge is 0.453 e. The van der Waals surface area contributed by atoms with Crippen LogP contribution in [0.3, 0.4) is 0 Å². The van der Waals surface area contributed by atoms with E-state index >= 15 is 0 Å². The Morgan fingerprint density at radius 2 is 1.92 bits per heavy atom. The van der Waals surface area contributed by atoms with E-state index in [1.165, 1.54) is 12.7 Å². The summed E-state index contributed by atoms with van der Waals surface area (Å²) in [4.78, 5) is 32.6. The highest BCUT2D eigenvalue weighted by Crippen LogP contribution is 2.30. The molecule has 2 aliphatic heterocycles. The van der Waals surface area contributed by atoms with Crippen LogP contribution < -0.4 is 4.90 Å². The van der Waals surface area contributed by atoms with Crippen LogP contribution in [0.4, 0.5) is 10.5 Å². The fourth-order valence-electron chi connectivity index (χ4n) is 3.66. The average Bonchev–Trinajstić information content (AvgIpc) is 3.10. The van der Waals surface area contributed by atoms with Crippen LogP contribution in [-0.4, -0.2) is 42.1 Å². The topological polar surface area (TPSA) is 62.7 Å². The molecule has 1 aromatic heterocycles. The summed E-state index contributed by atoms with van der Waals surface area (Å²) in [6.07, 6.45) is 4.54. The smallest absolute Gasteiger partial charge is 0.409 e. The molecule has 2 aromatic rings. The molecule has 25 heavy (non-hydrogen) atoms. The highest BCUT2D eigenvalue weighted by molar-refractivity contribution is 6.08. The van der Waals surface area contributed by atoms with Crippen molar-refractivity contribution in [2.45, 2.75) is 19.4 Å². The van der Waals surface area contributed by atoms with Crippen molar-refractivity contribution in [2.75, 3.05) is 25.1 Å². The minimum atomic E-state index is -0.351. The van der Waals surface area contributed by atoms with Gasteiger partial charge in [-0.3, -0.25) is 9.78 Å². The van der Waals surface area contributed by atoms with Gasteiger partial charge in [0.2, 0.25) is 0 Å². The molecule has 0 radical (unpaired) electrons. The number of hydrogen-bond acceptors (Lipinski definition) is 4. The fourth-order valence-corrected chi connectivity index (χ4v) is 3.66. The number of pyridine rings is 1. The van der Waals surface area contributed by atoms with Crippen LogP contribution >= 0.6 is 0 Å². The molecule has 0 atom stereocenters. The molecule has 3 heterocycles. The van der Waals surface area contributed by atoms with Gasteiger partial charge in [-0.25, -0.2) is 4.79 Å². The van der Waals surface area contributed by atoms with Crippen molar-refractivity contribution in [3.63, 3.8) is 0 Å². The van der Waals surface area contributed by atoms with E-state index in [2.05, 4.69) is 11.1 Å². The first-order valence-corrected chi connectivity index (χ1v) is 8.37. The van der Waals surface area contributed by atoms with E-state index in [-0.39, 0.29) is 12.0 Å². The van der Waals surface area contributed by atoms with Gasteiger partial charge in [-0.1, -0.05) is 18.2 Å². The average molecular weight is 337 g/mol. The lowest BCUT2D eigenvalue weighted by molar-refractivity contribution is 0.0986. The van der Waals surface area contributed by atoms with E-state index in [0.717, 1.165) is 23.2 Å². The fraction of sp³-hybridized carbons (Fsp3) is 0.316. The number of para-hydroxylation sites is 1. The predicted octanol–water partition coefficient (Wildman–Crippen LogP) is 2.41. The Morgan fingerprint density at radius 3 is 2.76 bits per heavy atom. The van der Waals surface area contributed by atoms with Crippen LogP contribution in [0.1, 0.15) is 27.0 Å². The number of rotatable bonds is 1. The van der Waals surface area contributed by atoms with E-state index in [1.54, 1.807) is 17.3 Å². The van der Waals surface area contributed by atoms with Crippen LogP contribution in [0, 0.1) is 0 Å². The highest BCUT2D eigenvalue weighted by Gasteiger charge is 2.30. The van der Waals surface area contributed by atoms with Crippen molar-refractivity contribution in [1.29, 1.82) is 0 Å². The molecule has 0 saturated carbocycles. The third-order valence-electron chi connectivity index (χ3n) is 4.94. The molecular formula is C19H19N3O3. The number of methoxy groups -OCH3 is 1. The van der Waals surface area contributed by atoms with Gasteiger partial charge in [-0.15, -0.1) is 0 Å². The Bertz CT molecular complexity index is 850. The van der Waals surface area contributed by atoms with Gasteiger partial charge in [-0.05, 0) is 35.6 Å². The molecular weight excluding hydrogens is 318 g/mol. The second-order valence-corrected chi connectivity index (χ2v) is 6.30. The molecule has 2 aliphatic rings. The van der Waals surface area contributed by atoms with Crippen molar-refractivity contribution in [3.8, 4) is 0 Å². The number of fused-ring (bicyclic) bond motifs is 2. The molecule has 0 N–H and O–H groups in total. The summed E-state index contributed by atoms with van der Waals surface area (Å²) in [5.41, 5.74) is 4.72. The Kier molecular flexibility index (Phi) is 3.87. The van der Waals surface area contributed by atoms with E-state index in [9.17, 15) is 9.59 Å². The van der Waals surface area contributed by atoms with Gasteiger partial charge in [-0.2, -0.15) is 0 Å². The summed E-state index contributed by atoms with van der Waals surface area (Å²) < 4.78 is 4.79. The number of carbonyl (C=O) groups excluding carboxylic acids is 2. The lowest BCUT2D eigenvalue weighted by Gasteiger charge is -2.29. The van der Waals surface area contributed by atoms with Gasteiger partial charge in [0, 0.05) is 31.2 Å². The molecule has 128 valence electrons. The maximum Gasteiger partial charge on any atom is 0.409 e. The Labute approximate surface area is 146 Å². The van der Waals surface area contributed by atoms with Gasteiger partial charge < -0.3 is 14.5 Å². The number of benzene rings is 1. The van der Waals surface area contributed by atoms with Crippen molar-refractivity contribution in [1.82, 2.24) is 9.88 Å². The predicted molar refractivity (Wildman–Crippen MR) is 92.6 cm³/mol. The molecule has 6 nitrogen and oxygen atoms in total. The van der Waals surface area contributed by atoms with Gasteiger partial charge in [0.05, 0.1) is 19.2 Å². The van der Waals surface area contributed by atoms with Crippen LogP contribution in [0.5, 0.6) is 0 Å². The molecule has 2 amide bonds. The monoisotopic (exact) mass is 337 g/mol. The lowest BCUT2D eigenvalue weighted by atomic mass is 9.96. The van der Waals surface area contributed by atoms with Gasteiger partial charge in [0.15, 0.2) is 0 Å². The maximum absolute atomic E-state index is 13.1. The number of aromatic nitrogens is 1. The lowest BCUT2D eigenvalue weighted by Crippen LogP contribution is -2.37. The van der Waals surface area contributed by atoms with E-state index in [4.69, 9.17) is 4.74 Å². The van der Waals surface area contributed by atoms with E-state index in [0.29, 0.717) is 31.6 Å². The van der Waals surface area contributed by atoms with E-state index in [1.807, 2.05) is 23.1 Å². The number of amides is 2. The molecule has 4 rings (SSSR count). The van der Waals surface area contributed by atoms with Crippen LogP contribution in [0.15, 0.2) is 36.7 Å². The molecule has 0 bridgehead atoms. The summed E-state index contributed by atoms with van der Waals surface area (Å²) >= 11 is 0. The molecule has 0 spiro atoms. The summed E-state index contributed by atoms with van der Waals surface area (Å²) in [5.74, 6) is -0.0131. The summed E-state index contributed by atoms with van der Waals surface area (Å²) in [5, 5.41) is 0. The molecule has 6 heteroatoms. The molecule has 0 saturated heterocycles. The minimum absolute atomic E-state index is 0.0131. The molecule has 0 aliphatic carbocycles. The zero-order valence-corrected chi connectivity index (χ0v) is 14.1. The molecule has 1 aromatic carbocycles. The minimum Gasteiger partial charge on any atom is -0.453 e. The Hall–Kier alpha value is -2.89. The van der Waals surface area contributed by atoms with Crippen molar-refractivity contribution in [3.05, 3.63) is 58.9 Å². The third-order valence-corrected chi connectivity index (χ3v) is 4.94. The third kappa shape index (κ3) is 2.63. The quantitative estimate of drug-likeness (QED) is 0.802. The second kappa shape index (κ2) is 6.20. The number of carbonyl (C=O) groups is 2. The number of nitrogens with zero attached hydrogens (tertiary/aromatic N) is 3. The maximum atomic E-state index is 13.1. The highest BCUT2D eigenvalue weighted by atomic mass is 16.5.